The largest absolute Gasteiger partial charge is 0.480 e. The van der Waals surface area contributed by atoms with E-state index in [2.05, 4.69) is 0 Å². The fourth-order valence-electron chi connectivity index (χ4n) is 1.89. The Hall–Kier alpha value is -0.820. The first-order valence-electron chi connectivity index (χ1n) is 4.95. The fourth-order valence-corrected chi connectivity index (χ4v) is 1.89. The van der Waals surface area contributed by atoms with Gasteiger partial charge in [-0.2, -0.15) is 13.2 Å². The zero-order valence-corrected chi connectivity index (χ0v) is 8.88. The number of rotatable bonds is 4. The van der Waals surface area contributed by atoms with Crippen LogP contribution in [0.25, 0.3) is 0 Å². The van der Waals surface area contributed by atoms with Gasteiger partial charge in [-0.15, -0.1) is 0 Å². The molecule has 1 fully saturated rings. The highest BCUT2D eigenvalue weighted by Gasteiger charge is 2.59. The number of halogens is 3. The van der Waals surface area contributed by atoms with Gasteiger partial charge in [-0.1, -0.05) is 0 Å². The molecule has 0 aromatic rings. The summed E-state index contributed by atoms with van der Waals surface area (Å²) in [6, 6.07) is 0. The summed E-state index contributed by atoms with van der Waals surface area (Å²) in [6.45, 7) is 0.751. The Kier molecular flexibility index (Phi) is 3.80. The molecule has 1 aliphatic heterocycles. The van der Waals surface area contributed by atoms with E-state index in [0.29, 0.717) is 0 Å². The number of nitrogens with zero attached hydrogens (tertiary/aromatic N) is 1. The first-order valence-corrected chi connectivity index (χ1v) is 4.95. The van der Waals surface area contributed by atoms with Gasteiger partial charge in [0.25, 0.3) is 0 Å². The number of alkyl halides is 3. The van der Waals surface area contributed by atoms with Crippen molar-refractivity contribution >= 4 is 5.97 Å². The van der Waals surface area contributed by atoms with E-state index >= 15 is 0 Å². The lowest BCUT2D eigenvalue weighted by atomic mass is 10.0. The van der Waals surface area contributed by atoms with E-state index in [9.17, 15) is 18.0 Å². The molecule has 1 N–H and O–H groups in total. The molecule has 0 bridgehead atoms. The van der Waals surface area contributed by atoms with Gasteiger partial charge in [0.2, 0.25) is 0 Å². The average molecular weight is 241 g/mol. The van der Waals surface area contributed by atoms with E-state index in [4.69, 9.17) is 9.84 Å². The first-order chi connectivity index (χ1) is 7.31. The van der Waals surface area contributed by atoms with Crippen molar-refractivity contribution < 1.29 is 27.8 Å². The second-order valence-corrected chi connectivity index (χ2v) is 3.78. The highest BCUT2D eigenvalue weighted by molar-refractivity contribution is 5.69. The maximum Gasteiger partial charge on any atom is 0.418 e. The summed E-state index contributed by atoms with van der Waals surface area (Å²) in [5.74, 6) is -1.13. The predicted molar refractivity (Wildman–Crippen MR) is 49.1 cm³/mol. The van der Waals surface area contributed by atoms with Crippen LogP contribution in [0.1, 0.15) is 13.3 Å². The molecule has 1 heterocycles. The van der Waals surface area contributed by atoms with Crippen molar-refractivity contribution in [2.45, 2.75) is 25.1 Å². The Morgan fingerprint density at radius 2 is 2.19 bits per heavy atom. The smallest absolute Gasteiger partial charge is 0.418 e. The van der Waals surface area contributed by atoms with Crippen molar-refractivity contribution in [2.75, 3.05) is 26.2 Å². The van der Waals surface area contributed by atoms with Gasteiger partial charge in [0.1, 0.15) is 0 Å². The van der Waals surface area contributed by atoms with E-state index in [-0.39, 0.29) is 26.1 Å². The van der Waals surface area contributed by atoms with Gasteiger partial charge in [0, 0.05) is 19.7 Å². The van der Waals surface area contributed by atoms with Crippen molar-refractivity contribution in [3.05, 3.63) is 0 Å². The number of hydrogen-bond acceptors (Lipinski definition) is 3. The minimum atomic E-state index is -4.46. The molecule has 1 saturated heterocycles. The van der Waals surface area contributed by atoms with E-state index in [1.165, 1.54) is 11.8 Å². The Morgan fingerprint density at radius 1 is 1.56 bits per heavy atom. The summed E-state index contributed by atoms with van der Waals surface area (Å²) in [7, 11) is 0. The normalized spacial score (nSPS) is 27.2. The summed E-state index contributed by atoms with van der Waals surface area (Å²) in [6.07, 6.45) is -4.67. The summed E-state index contributed by atoms with van der Waals surface area (Å²) in [5, 5.41) is 8.51. The zero-order valence-electron chi connectivity index (χ0n) is 8.88. The molecule has 1 atom stereocenters. The van der Waals surface area contributed by atoms with Crippen LogP contribution in [0.5, 0.6) is 0 Å². The van der Waals surface area contributed by atoms with Gasteiger partial charge in [-0.05, 0) is 13.3 Å². The van der Waals surface area contributed by atoms with E-state index < -0.39 is 24.3 Å². The highest BCUT2D eigenvalue weighted by atomic mass is 19.4. The fraction of sp³-hybridized carbons (Fsp3) is 0.889. The average Bonchev–Trinajstić information content (AvgIpc) is 2.48. The SMILES string of the molecule is CCO[C@]1(C(F)(F)F)CCN(CC(=O)O)C1. The third-order valence-corrected chi connectivity index (χ3v) is 2.61. The van der Waals surface area contributed by atoms with Gasteiger partial charge in [-0.25, -0.2) is 0 Å². The number of likely N-dealkylation sites (tertiary alicyclic amines) is 1. The molecule has 0 spiro atoms. The molecule has 1 aliphatic rings. The van der Waals surface area contributed by atoms with Crippen molar-refractivity contribution in [1.29, 1.82) is 0 Å². The van der Waals surface area contributed by atoms with Gasteiger partial charge < -0.3 is 9.84 Å². The van der Waals surface area contributed by atoms with Crippen LogP contribution >= 0.6 is 0 Å². The van der Waals surface area contributed by atoms with E-state index in [0.717, 1.165) is 0 Å². The van der Waals surface area contributed by atoms with E-state index in [1.807, 2.05) is 0 Å². The number of carboxylic acids is 1. The Labute approximate surface area is 91.0 Å². The van der Waals surface area contributed by atoms with Crippen molar-refractivity contribution in [1.82, 2.24) is 4.90 Å². The number of hydrogen-bond donors (Lipinski definition) is 1. The molecule has 7 heteroatoms. The van der Waals surface area contributed by atoms with Crippen LogP contribution in [-0.2, 0) is 9.53 Å². The number of carbonyl (C=O) groups is 1. The van der Waals surface area contributed by atoms with Gasteiger partial charge >= 0.3 is 12.1 Å². The molecule has 1 rings (SSSR count). The van der Waals surface area contributed by atoms with Crippen molar-refractivity contribution in [3.63, 3.8) is 0 Å². The molecule has 0 aromatic carbocycles. The third kappa shape index (κ3) is 2.65. The maximum absolute atomic E-state index is 12.8. The number of aliphatic carboxylic acids is 1. The molecule has 0 unspecified atom stereocenters. The highest BCUT2D eigenvalue weighted by Crippen LogP contribution is 2.40. The minimum Gasteiger partial charge on any atom is -0.480 e. The Morgan fingerprint density at radius 3 is 2.62 bits per heavy atom. The molecule has 0 aliphatic carbocycles. The second kappa shape index (κ2) is 4.58. The quantitative estimate of drug-likeness (QED) is 0.801. The lowest BCUT2D eigenvalue weighted by Crippen LogP contribution is -2.50. The van der Waals surface area contributed by atoms with Crippen LogP contribution in [0.2, 0.25) is 0 Å². The molecule has 94 valence electrons. The molecule has 0 saturated carbocycles. The molecular formula is C9H14F3NO3. The molecule has 0 aromatic heterocycles. The lowest BCUT2D eigenvalue weighted by molar-refractivity contribution is -0.271. The standard InChI is InChI=1S/C9H14F3NO3/c1-2-16-8(9(10,11)12)3-4-13(6-8)5-7(14)15/h2-6H2,1H3,(H,14,15)/t8-/m1/s1. The second-order valence-electron chi connectivity index (χ2n) is 3.78. The van der Waals surface area contributed by atoms with Crippen molar-refractivity contribution in [3.8, 4) is 0 Å². The van der Waals surface area contributed by atoms with Crippen LogP contribution in [0, 0.1) is 0 Å². The number of carboxylic acid groups (broad SMARTS) is 1. The summed E-state index contributed by atoms with van der Waals surface area (Å²) < 4.78 is 43.3. The van der Waals surface area contributed by atoms with Gasteiger partial charge in [-0.3, -0.25) is 9.69 Å². The van der Waals surface area contributed by atoms with Crippen LogP contribution in [-0.4, -0.2) is 54.0 Å². The summed E-state index contributed by atoms with van der Waals surface area (Å²) >= 11 is 0. The third-order valence-electron chi connectivity index (χ3n) is 2.61. The summed E-state index contributed by atoms with van der Waals surface area (Å²) in [5.41, 5.74) is -2.20. The Balaban J connectivity index is 2.72. The first kappa shape index (κ1) is 13.2. The van der Waals surface area contributed by atoms with Gasteiger partial charge in [0.15, 0.2) is 5.60 Å². The minimum absolute atomic E-state index is 0.0412. The van der Waals surface area contributed by atoms with Crippen LogP contribution in [0.4, 0.5) is 13.2 Å². The van der Waals surface area contributed by atoms with E-state index in [1.54, 1.807) is 0 Å². The molecule has 16 heavy (non-hydrogen) atoms. The monoisotopic (exact) mass is 241 g/mol. The van der Waals surface area contributed by atoms with Crippen LogP contribution in [0.15, 0.2) is 0 Å². The lowest BCUT2D eigenvalue weighted by Gasteiger charge is -2.31. The van der Waals surface area contributed by atoms with Crippen LogP contribution < -0.4 is 0 Å². The molecule has 0 radical (unpaired) electrons. The Bertz CT molecular complexity index is 269. The van der Waals surface area contributed by atoms with Gasteiger partial charge in [0.05, 0.1) is 6.54 Å². The van der Waals surface area contributed by atoms with Crippen molar-refractivity contribution in [2.24, 2.45) is 0 Å². The molecular weight excluding hydrogens is 227 g/mol. The topological polar surface area (TPSA) is 49.8 Å². The maximum atomic E-state index is 12.8. The number of ether oxygens (including phenoxy) is 1. The molecule has 4 nitrogen and oxygen atoms in total. The molecule has 0 amide bonds. The predicted octanol–water partition coefficient (Wildman–Crippen LogP) is 1.11. The summed E-state index contributed by atoms with van der Waals surface area (Å²) in [4.78, 5) is 11.7. The van der Waals surface area contributed by atoms with Crippen LogP contribution in [0.3, 0.4) is 0 Å². The zero-order chi connectivity index (χ0) is 12.4.